The van der Waals surface area contributed by atoms with Gasteiger partial charge in [-0.2, -0.15) is 0 Å². The minimum absolute atomic E-state index is 0.0762. The molecule has 0 bridgehead atoms. The van der Waals surface area contributed by atoms with Gasteiger partial charge < -0.3 is 14.8 Å². The molecule has 1 aromatic carbocycles. The van der Waals surface area contributed by atoms with E-state index in [-0.39, 0.29) is 10.8 Å². The molecule has 3 nitrogen and oxygen atoms in total. The molecule has 0 amide bonds. The Morgan fingerprint density at radius 1 is 1.32 bits per heavy atom. The second-order valence-electron chi connectivity index (χ2n) is 6.47. The second-order valence-corrected chi connectivity index (χ2v) is 6.47. The molecule has 1 heterocycles. The summed E-state index contributed by atoms with van der Waals surface area (Å²) in [4.78, 5) is 0. The summed E-state index contributed by atoms with van der Waals surface area (Å²) in [5.74, 6) is 0.969. The molecule has 0 atom stereocenters. The maximum atomic E-state index is 5.50. The predicted octanol–water partition coefficient (Wildman–Crippen LogP) is 2.48. The van der Waals surface area contributed by atoms with Gasteiger partial charge in [0.05, 0.1) is 25.7 Å². The lowest BCUT2D eigenvalue weighted by molar-refractivity contribution is -0.0583. The van der Waals surface area contributed by atoms with Crippen LogP contribution in [0.2, 0.25) is 0 Å². The third kappa shape index (κ3) is 2.63. The SMILES string of the molecule is CNCC1(c2ccc(OC)c(C(C)(C)C)c2)COC1. The molecule has 1 aliphatic rings. The van der Waals surface area contributed by atoms with Crippen LogP contribution in [0.1, 0.15) is 31.9 Å². The maximum Gasteiger partial charge on any atom is 0.122 e. The summed E-state index contributed by atoms with van der Waals surface area (Å²) in [5, 5.41) is 3.28. The summed E-state index contributed by atoms with van der Waals surface area (Å²) in [6.45, 7) is 9.19. The molecule has 1 fully saturated rings. The zero-order valence-electron chi connectivity index (χ0n) is 12.7. The van der Waals surface area contributed by atoms with Crippen LogP contribution in [0.3, 0.4) is 0 Å². The van der Waals surface area contributed by atoms with Crippen LogP contribution in [-0.4, -0.2) is 33.9 Å². The number of rotatable bonds is 4. The molecule has 0 spiro atoms. The molecule has 0 aromatic heterocycles. The highest BCUT2D eigenvalue weighted by molar-refractivity contribution is 5.44. The van der Waals surface area contributed by atoms with Crippen LogP contribution in [0, 0.1) is 0 Å². The summed E-state index contributed by atoms with van der Waals surface area (Å²) in [7, 11) is 3.73. The number of methoxy groups -OCH3 is 1. The summed E-state index contributed by atoms with van der Waals surface area (Å²) in [6.07, 6.45) is 0. The highest BCUT2D eigenvalue weighted by atomic mass is 16.5. The van der Waals surface area contributed by atoms with Gasteiger partial charge in [-0.15, -0.1) is 0 Å². The first kappa shape index (κ1) is 14.4. The Morgan fingerprint density at radius 2 is 2.00 bits per heavy atom. The summed E-state index contributed by atoms with van der Waals surface area (Å²) in [6, 6.07) is 6.55. The van der Waals surface area contributed by atoms with Crippen LogP contribution < -0.4 is 10.1 Å². The molecule has 0 radical (unpaired) electrons. The van der Waals surface area contributed by atoms with Crippen molar-refractivity contribution in [1.82, 2.24) is 5.32 Å². The molecule has 3 heteroatoms. The van der Waals surface area contributed by atoms with Crippen LogP contribution in [0.4, 0.5) is 0 Å². The normalized spacial score (nSPS) is 17.9. The molecule has 1 aliphatic heterocycles. The van der Waals surface area contributed by atoms with E-state index in [2.05, 4.69) is 44.3 Å². The van der Waals surface area contributed by atoms with E-state index in [1.807, 2.05) is 7.05 Å². The van der Waals surface area contributed by atoms with E-state index < -0.39 is 0 Å². The van der Waals surface area contributed by atoms with Crippen molar-refractivity contribution in [2.24, 2.45) is 0 Å². The van der Waals surface area contributed by atoms with Gasteiger partial charge in [-0.05, 0) is 29.7 Å². The Kier molecular flexibility index (Phi) is 3.88. The number of likely N-dealkylation sites (N-methyl/N-ethyl adjacent to an activating group) is 1. The summed E-state index contributed by atoms with van der Waals surface area (Å²) < 4.78 is 11.0. The average molecular weight is 263 g/mol. The highest BCUT2D eigenvalue weighted by Crippen LogP contribution is 2.38. The number of nitrogens with one attached hydrogen (secondary N) is 1. The minimum atomic E-state index is 0.0762. The quantitative estimate of drug-likeness (QED) is 0.905. The first-order valence-electron chi connectivity index (χ1n) is 6.84. The molecule has 0 saturated carbocycles. The molecule has 1 N–H and O–H groups in total. The lowest BCUT2D eigenvalue weighted by Gasteiger charge is -2.42. The van der Waals surface area contributed by atoms with Crippen molar-refractivity contribution >= 4 is 0 Å². The Bertz CT molecular complexity index is 445. The minimum Gasteiger partial charge on any atom is -0.496 e. The molecule has 19 heavy (non-hydrogen) atoms. The van der Waals surface area contributed by atoms with Gasteiger partial charge in [0.2, 0.25) is 0 Å². The lowest BCUT2D eigenvalue weighted by atomic mass is 9.75. The monoisotopic (exact) mass is 263 g/mol. The van der Waals surface area contributed by atoms with Gasteiger partial charge in [-0.1, -0.05) is 32.9 Å². The smallest absolute Gasteiger partial charge is 0.122 e. The van der Waals surface area contributed by atoms with E-state index in [1.165, 1.54) is 11.1 Å². The van der Waals surface area contributed by atoms with Crippen molar-refractivity contribution in [2.75, 3.05) is 33.9 Å². The van der Waals surface area contributed by atoms with Crippen molar-refractivity contribution in [2.45, 2.75) is 31.6 Å². The van der Waals surface area contributed by atoms with E-state index in [1.54, 1.807) is 7.11 Å². The van der Waals surface area contributed by atoms with E-state index in [0.29, 0.717) is 0 Å². The molecule has 1 aromatic rings. The zero-order valence-corrected chi connectivity index (χ0v) is 12.7. The van der Waals surface area contributed by atoms with Crippen molar-refractivity contribution in [3.05, 3.63) is 29.3 Å². The third-order valence-electron chi connectivity index (χ3n) is 3.89. The van der Waals surface area contributed by atoms with Crippen LogP contribution >= 0.6 is 0 Å². The molecule has 106 valence electrons. The van der Waals surface area contributed by atoms with Crippen molar-refractivity contribution in [3.8, 4) is 5.75 Å². The summed E-state index contributed by atoms with van der Waals surface area (Å²) in [5.41, 5.74) is 2.81. The van der Waals surface area contributed by atoms with Crippen molar-refractivity contribution in [1.29, 1.82) is 0 Å². The number of hydrogen-bond acceptors (Lipinski definition) is 3. The Labute approximate surface area is 116 Å². The molecule has 0 unspecified atom stereocenters. The predicted molar refractivity (Wildman–Crippen MR) is 78.1 cm³/mol. The Balaban J connectivity index is 2.43. The average Bonchev–Trinajstić information content (AvgIpc) is 2.32. The molecule has 0 aliphatic carbocycles. The van der Waals surface area contributed by atoms with E-state index in [4.69, 9.17) is 9.47 Å². The van der Waals surface area contributed by atoms with Crippen LogP contribution in [-0.2, 0) is 15.6 Å². The van der Waals surface area contributed by atoms with Gasteiger partial charge in [0, 0.05) is 6.54 Å². The van der Waals surface area contributed by atoms with Crippen LogP contribution in [0.5, 0.6) is 5.75 Å². The van der Waals surface area contributed by atoms with E-state index >= 15 is 0 Å². The molecular formula is C16H25NO2. The fraction of sp³-hybridized carbons (Fsp3) is 0.625. The Morgan fingerprint density at radius 3 is 2.42 bits per heavy atom. The lowest BCUT2D eigenvalue weighted by Crippen LogP contribution is -2.53. The van der Waals surface area contributed by atoms with Gasteiger partial charge in [0.15, 0.2) is 0 Å². The fourth-order valence-corrected chi connectivity index (χ4v) is 2.68. The standard InChI is InChI=1S/C16H25NO2/c1-15(2,3)13-8-12(6-7-14(13)18-5)16(9-17-4)10-19-11-16/h6-8,17H,9-11H2,1-5H3. The number of ether oxygens (including phenoxy) is 2. The van der Waals surface area contributed by atoms with Gasteiger partial charge >= 0.3 is 0 Å². The van der Waals surface area contributed by atoms with Crippen molar-refractivity contribution < 1.29 is 9.47 Å². The summed E-state index contributed by atoms with van der Waals surface area (Å²) >= 11 is 0. The first-order valence-corrected chi connectivity index (χ1v) is 6.84. The third-order valence-corrected chi connectivity index (χ3v) is 3.89. The van der Waals surface area contributed by atoms with Gasteiger partial charge in [0.1, 0.15) is 5.75 Å². The fourth-order valence-electron chi connectivity index (χ4n) is 2.68. The topological polar surface area (TPSA) is 30.5 Å². The molecule has 1 saturated heterocycles. The van der Waals surface area contributed by atoms with Gasteiger partial charge in [-0.3, -0.25) is 0 Å². The van der Waals surface area contributed by atoms with Gasteiger partial charge in [0.25, 0.3) is 0 Å². The van der Waals surface area contributed by atoms with Crippen LogP contribution in [0.15, 0.2) is 18.2 Å². The van der Waals surface area contributed by atoms with Crippen LogP contribution in [0.25, 0.3) is 0 Å². The molecular weight excluding hydrogens is 238 g/mol. The number of hydrogen-bond donors (Lipinski definition) is 1. The Hall–Kier alpha value is -1.06. The highest BCUT2D eigenvalue weighted by Gasteiger charge is 2.40. The largest absolute Gasteiger partial charge is 0.496 e. The van der Waals surface area contributed by atoms with Crippen molar-refractivity contribution in [3.63, 3.8) is 0 Å². The number of benzene rings is 1. The zero-order chi connectivity index (χ0) is 14.1. The van der Waals surface area contributed by atoms with Gasteiger partial charge in [-0.25, -0.2) is 0 Å². The maximum absolute atomic E-state index is 5.50. The van der Waals surface area contributed by atoms with E-state index in [9.17, 15) is 0 Å². The first-order chi connectivity index (χ1) is 8.93. The van der Waals surface area contributed by atoms with E-state index in [0.717, 1.165) is 25.5 Å². The molecule has 2 rings (SSSR count). The second kappa shape index (κ2) is 5.14.